The summed E-state index contributed by atoms with van der Waals surface area (Å²) in [5, 5.41) is 3.28. The lowest BCUT2D eigenvalue weighted by molar-refractivity contribution is -0.119. The zero-order valence-electron chi connectivity index (χ0n) is 11.0. The molecule has 0 aliphatic carbocycles. The second-order valence-corrected chi connectivity index (χ2v) is 5.05. The van der Waals surface area contributed by atoms with Crippen LogP contribution in [-0.4, -0.2) is 32.8 Å². The van der Waals surface area contributed by atoms with Crippen molar-refractivity contribution in [2.75, 3.05) is 31.8 Å². The molecule has 2 heterocycles. The van der Waals surface area contributed by atoms with Crippen LogP contribution in [0.5, 0.6) is 11.5 Å². The van der Waals surface area contributed by atoms with Crippen molar-refractivity contribution in [3.63, 3.8) is 0 Å². The van der Waals surface area contributed by atoms with Gasteiger partial charge in [-0.3, -0.25) is 4.79 Å². The predicted octanol–water partition coefficient (Wildman–Crippen LogP) is 1.38. The number of carbonyl (C=O) groups excluding carboxylic acids is 1. The third kappa shape index (κ3) is 2.51. The highest BCUT2D eigenvalue weighted by molar-refractivity contribution is 5.93. The lowest BCUT2D eigenvalue weighted by Crippen LogP contribution is -2.28. The van der Waals surface area contributed by atoms with E-state index in [0.717, 1.165) is 30.9 Å². The number of fused-ring (bicyclic) bond motifs is 1. The van der Waals surface area contributed by atoms with Gasteiger partial charge in [0.25, 0.3) is 0 Å². The second-order valence-electron chi connectivity index (χ2n) is 5.05. The van der Waals surface area contributed by atoms with E-state index in [0.29, 0.717) is 18.1 Å². The first kappa shape index (κ1) is 12.3. The van der Waals surface area contributed by atoms with E-state index < -0.39 is 0 Å². The van der Waals surface area contributed by atoms with Crippen LogP contribution in [0.1, 0.15) is 12.8 Å². The van der Waals surface area contributed by atoms with E-state index in [1.807, 2.05) is 25.2 Å². The molecule has 1 aromatic rings. The third-order valence-electron chi connectivity index (χ3n) is 3.74. The highest BCUT2D eigenvalue weighted by Crippen LogP contribution is 2.35. The van der Waals surface area contributed by atoms with Crippen LogP contribution in [0.4, 0.5) is 5.69 Å². The molecule has 1 amide bonds. The largest absolute Gasteiger partial charge is 0.454 e. The van der Waals surface area contributed by atoms with Gasteiger partial charge in [-0.2, -0.15) is 0 Å². The minimum Gasteiger partial charge on any atom is -0.454 e. The van der Waals surface area contributed by atoms with Crippen LogP contribution < -0.4 is 19.7 Å². The molecule has 1 aromatic carbocycles. The summed E-state index contributed by atoms with van der Waals surface area (Å²) in [5.41, 5.74) is 0.847. The van der Waals surface area contributed by atoms with Gasteiger partial charge in [0, 0.05) is 25.2 Å². The lowest BCUT2D eigenvalue weighted by atomic mass is 10.0. The van der Waals surface area contributed by atoms with Gasteiger partial charge in [-0.05, 0) is 37.6 Å². The molecule has 2 aliphatic rings. The van der Waals surface area contributed by atoms with Crippen molar-refractivity contribution < 1.29 is 14.3 Å². The molecule has 0 radical (unpaired) electrons. The van der Waals surface area contributed by atoms with Gasteiger partial charge in [-0.25, -0.2) is 0 Å². The molecule has 19 heavy (non-hydrogen) atoms. The van der Waals surface area contributed by atoms with E-state index in [9.17, 15) is 4.79 Å². The number of hydrogen-bond acceptors (Lipinski definition) is 4. The third-order valence-corrected chi connectivity index (χ3v) is 3.74. The van der Waals surface area contributed by atoms with Gasteiger partial charge in [0.1, 0.15) is 0 Å². The zero-order chi connectivity index (χ0) is 13.2. The van der Waals surface area contributed by atoms with Crippen LogP contribution in [0.15, 0.2) is 18.2 Å². The molecule has 5 nitrogen and oxygen atoms in total. The van der Waals surface area contributed by atoms with Crippen molar-refractivity contribution in [1.82, 2.24) is 5.32 Å². The first-order valence-electron chi connectivity index (χ1n) is 6.61. The summed E-state index contributed by atoms with van der Waals surface area (Å²) in [6.45, 7) is 2.22. The molecule has 0 spiro atoms. The number of rotatable bonds is 3. The molecule has 0 bridgehead atoms. The average Bonchev–Trinajstić information content (AvgIpc) is 3.07. The highest BCUT2D eigenvalue weighted by atomic mass is 16.7. The van der Waals surface area contributed by atoms with E-state index in [2.05, 4.69) is 5.32 Å². The van der Waals surface area contributed by atoms with Gasteiger partial charge in [-0.1, -0.05) is 0 Å². The molecule has 1 N–H and O–H groups in total. The van der Waals surface area contributed by atoms with Gasteiger partial charge >= 0.3 is 0 Å². The Morgan fingerprint density at radius 3 is 3.05 bits per heavy atom. The fraction of sp³-hybridized carbons (Fsp3) is 0.500. The summed E-state index contributed by atoms with van der Waals surface area (Å²) in [4.78, 5) is 13.9. The molecule has 2 aliphatic heterocycles. The van der Waals surface area contributed by atoms with Gasteiger partial charge in [0.05, 0.1) is 0 Å². The van der Waals surface area contributed by atoms with E-state index in [4.69, 9.17) is 9.47 Å². The van der Waals surface area contributed by atoms with Crippen LogP contribution in [0, 0.1) is 5.92 Å². The number of nitrogens with one attached hydrogen (secondary N) is 1. The normalized spacial score (nSPS) is 20.6. The fourth-order valence-corrected chi connectivity index (χ4v) is 2.51. The van der Waals surface area contributed by atoms with Crippen LogP contribution in [0.2, 0.25) is 0 Å². The predicted molar refractivity (Wildman–Crippen MR) is 71.6 cm³/mol. The molecule has 3 rings (SSSR count). The molecule has 1 saturated heterocycles. The Hall–Kier alpha value is -1.75. The summed E-state index contributed by atoms with van der Waals surface area (Å²) in [7, 11) is 1.81. The quantitative estimate of drug-likeness (QED) is 0.894. The van der Waals surface area contributed by atoms with Gasteiger partial charge in [0.2, 0.25) is 12.7 Å². The molecular weight excluding hydrogens is 244 g/mol. The number of benzene rings is 1. The Kier molecular flexibility index (Phi) is 3.29. The topological polar surface area (TPSA) is 50.8 Å². The first-order chi connectivity index (χ1) is 9.24. The maximum absolute atomic E-state index is 12.2. The van der Waals surface area contributed by atoms with Gasteiger partial charge < -0.3 is 19.7 Å². The van der Waals surface area contributed by atoms with Crippen molar-refractivity contribution in [2.45, 2.75) is 12.8 Å². The maximum Gasteiger partial charge on any atom is 0.231 e. The van der Waals surface area contributed by atoms with E-state index in [1.54, 1.807) is 4.90 Å². The second kappa shape index (κ2) is 5.09. The number of amides is 1. The van der Waals surface area contributed by atoms with Crippen LogP contribution >= 0.6 is 0 Å². The number of anilines is 1. The fourth-order valence-electron chi connectivity index (χ4n) is 2.51. The Morgan fingerprint density at radius 1 is 1.42 bits per heavy atom. The molecular formula is C14H18N2O3. The average molecular weight is 262 g/mol. The van der Waals surface area contributed by atoms with Crippen LogP contribution in [0.25, 0.3) is 0 Å². The Labute approximate surface area is 112 Å². The Bertz CT molecular complexity index is 484. The van der Waals surface area contributed by atoms with Crippen molar-refractivity contribution in [3.05, 3.63) is 18.2 Å². The number of hydrogen-bond donors (Lipinski definition) is 1. The van der Waals surface area contributed by atoms with E-state index in [-0.39, 0.29) is 12.7 Å². The number of nitrogens with zero attached hydrogens (tertiary/aromatic N) is 1. The molecule has 0 saturated carbocycles. The SMILES string of the molecule is CN(C(=O)CC1CCNC1)c1ccc2c(c1)OCO2. The highest BCUT2D eigenvalue weighted by Gasteiger charge is 2.22. The molecule has 1 unspecified atom stereocenters. The van der Waals surface area contributed by atoms with E-state index in [1.165, 1.54) is 0 Å². The number of ether oxygens (including phenoxy) is 2. The summed E-state index contributed by atoms with van der Waals surface area (Å²) < 4.78 is 10.6. The summed E-state index contributed by atoms with van der Waals surface area (Å²) in [6, 6.07) is 5.59. The standard InChI is InChI=1S/C14H18N2O3/c1-16(14(17)6-10-4-5-15-8-10)11-2-3-12-13(7-11)19-9-18-12/h2-3,7,10,15H,4-6,8-9H2,1H3. The molecule has 102 valence electrons. The summed E-state index contributed by atoms with van der Waals surface area (Å²) in [6.07, 6.45) is 1.68. The molecule has 5 heteroatoms. The first-order valence-corrected chi connectivity index (χ1v) is 6.61. The van der Waals surface area contributed by atoms with Crippen LogP contribution in [0.3, 0.4) is 0 Å². The maximum atomic E-state index is 12.2. The minimum atomic E-state index is 0.146. The summed E-state index contributed by atoms with van der Waals surface area (Å²) in [5.74, 6) is 2.06. The molecule has 1 fully saturated rings. The van der Waals surface area contributed by atoms with Crippen molar-refractivity contribution in [1.29, 1.82) is 0 Å². The van der Waals surface area contributed by atoms with Gasteiger partial charge in [-0.15, -0.1) is 0 Å². The van der Waals surface area contributed by atoms with Gasteiger partial charge in [0.15, 0.2) is 11.5 Å². The monoisotopic (exact) mass is 262 g/mol. The van der Waals surface area contributed by atoms with Crippen LogP contribution in [-0.2, 0) is 4.79 Å². The van der Waals surface area contributed by atoms with Crippen molar-refractivity contribution in [2.24, 2.45) is 5.92 Å². The van der Waals surface area contributed by atoms with Crippen molar-refractivity contribution in [3.8, 4) is 11.5 Å². The van der Waals surface area contributed by atoms with E-state index >= 15 is 0 Å². The Balaban J connectivity index is 1.68. The lowest BCUT2D eigenvalue weighted by Gasteiger charge is -2.19. The zero-order valence-corrected chi connectivity index (χ0v) is 11.0. The molecule has 1 atom stereocenters. The Morgan fingerprint density at radius 2 is 2.26 bits per heavy atom. The van der Waals surface area contributed by atoms with Crippen molar-refractivity contribution >= 4 is 11.6 Å². The molecule has 0 aromatic heterocycles. The smallest absolute Gasteiger partial charge is 0.231 e. The summed E-state index contributed by atoms with van der Waals surface area (Å²) >= 11 is 0. The number of carbonyl (C=O) groups is 1. The minimum absolute atomic E-state index is 0.146.